The zero-order valence-electron chi connectivity index (χ0n) is 14.5. The van der Waals surface area contributed by atoms with Gasteiger partial charge in [0.15, 0.2) is 40.5 Å². The normalized spacial score (nSPS) is 27.5. The molecule has 2 aromatic heterocycles. The molecule has 28 heavy (non-hydrogen) atoms. The van der Waals surface area contributed by atoms with Gasteiger partial charge in [-0.25, -0.2) is 13.9 Å². The minimum atomic E-state index is -4.53. The van der Waals surface area contributed by atoms with Crippen molar-refractivity contribution < 1.29 is 36.4 Å². The third kappa shape index (κ3) is 5.23. The Balaban J connectivity index is 1.82. The molecule has 1 fully saturated rings. The molecule has 0 radical (unpaired) electrons. The number of nitrogens with one attached hydrogen (secondary N) is 1. The first-order chi connectivity index (χ1) is 13.2. The van der Waals surface area contributed by atoms with E-state index in [2.05, 4.69) is 19.3 Å². The molecular weight excluding hydrogens is 458 g/mol. The SMILES string of the molecule is CP1OPO[C@@H](COP(=O)(O)O[PH](C)=O)O[C@H]1n1cnc2c(=O)[nH]c(N)nc21. The van der Waals surface area contributed by atoms with Gasteiger partial charge in [-0.15, -0.1) is 0 Å². The number of ether oxygens (including phenoxy) is 1. The summed E-state index contributed by atoms with van der Waals surface area (Å²) in [6, 6.07) is 0. The molecule has 0 aliphatic carbocycles. The minimum Gasteiger partial charge on any atom is -0.369 e. The summed E-state index contributed by atoms with van der Waals surface area (Å²) in [5.74, 6) is -0.901. The second-order valence-corrected chi connectivity index (χ2v) is 10.9. The Morgan fingerprint density at radius 2 is 2.36 bits per heavy atom. The van der Waals surface area contributed by atoms with Crippen LogP contribution in [0.3, 0.4) is 0 Å². The van der Waals surface area contributed by atoms with Crippen molar-refractivity contribution in [2.24, 2.45) is 0 Å². The summed E-state index contributed by atoms with van der Waals surface area (Å²) in [5.41, 5.74) is 5.32. The van der Waals surface area contributed by atoms with E-state index in [1.807, 2.05) is 0 Å². The zero-order chi connectivity index (χ0) is 20.5. The number of phosphoric ester groups is 1. The monoisotopic (exact) mass is 475 g/mol. The lowest BCUT2D eigenvalue weighted by atomic mass is 10.5. The van der Waals surface area contributed by atoms with Gasteiger partial charge >= 0.3 is 7.82 Å². The number of hydrogen-bond acceptors (Lipinski definition) is 11. The quantitative estimate of drug-likeness (QED) is 0.509. The third-order valence-corrected chi connectivity index (χ3v) is 8.48. The molecule has 4 unspecified atom stereocenters. The fourth-order valence-electron chi connectivity index (χ4n) is 2.19. The van der Waals surface area contributed by atoms with Gasteiger partial charge in [-0.1, -0.05) is 0 Å². The van der Waals surface area contributed by atoms with Crippen LogP contribution in [0, 0.1) is 0 Å². The van der Waals surface area contributed by atoms with Gasteiger partial charge in [0.1, 0.15) is 6.61 Å². The first-order valence-electron chi connectivity index (χ1n) is 7.52. The molecular formula is C10H17N5O9P4. The van der Waals surface area contributed by atoms with Gasteiger partial charge in [0.25, 0.3) is 5.56 Å². The zero-order valence-corrected chi connectivity index (χ0v) is 18.3. The van der Waals surface area contributed by atoms with E-state index in [-0.39, 0.29) is 17.1 Å². The van der Waals surface area contributed by atoms with Gasteiger partial charge < -0.3 is 24.2 Å². The molecule has 1 saturated heterocycles. The van der Waals surface area contributed by atoms with Crippen molar-refractivity contribution in [2.45, 2.75) is 12.3 Å². The van der Waals surface area contributed by atoms with Crippen LogP contribution in [0.25, 0.3) is 11.2 Å². The van der Waals surface area contributed by atoms with Crippen molar-refractivity contribution in [1.82, 2.24) is 19.5 Å². The molecule has 156 valence electrons. The van der Waals surface area contributed by atoms with E-state index in [0.29, 0.717) is 0 Å². The van der Waals surface area contributed by atoms with E-state index >= 15 is 0 Å². The number of nitrogen functional groups attached to an aromatic ring is 1. The molecule has 6 atom stereocenters. The lowest BCUT2D eigenvalue weighted by Crippen LogP contribution is -2.24. The molecule has 1 aliphatic heterocycles. The number of aromatic nitrogens is 4. The van der Waals surface area contributed by atoms with Crippen molar-refractivity contribution in [3.05, 3.63) is 16.7 Å². The maximum atomic E-state index is 12.0. The number of hydrogen-bond donors (Lipinski definition) is 3. The van der Waals surface area contributed by atoms with Crippen LogP contribution in [0.4, 0.5) is 5.95 Å². The summed E-state index contributed by atoms with van der Waals surface area (Å²) < 4.78 is 50.0. The van der Waals surface area contributed by atoms with Gasteiger partial charge in [0, 0.05) is 6.66 Å². The Morgan fingerprint density at radius 1 is 1.61 bits per heavy atom. The number of phosphoric acid groups is 1. The second kappa shape index (κ2) is 8.93. The predicted molar refractivity (Wildman–Crippen MR) is 102 cm³/mol. The molecule has 4 N–H and O–H groups in total. The number of imidazole rings is 1. The van der Waals surface area contributed by atoms with E-state index in [1.165, 1.54) is 10.9 Å². The fraction of sp³-hybridized carbons (Fsp3) is 0.500. The molecule has 0 amide bonds. The van der Waals surface area contributed by atoms with Gasteiger partial charge in [0.2, 0.25) is 5.95 Å². The molecule has 18 heteroatoms. The van der Waals surface area contributed by atoms with Crippen molar-refractivity contribution in [3.63, 3.8) is 0 Å². The molecule has 0 bridgehead atoms. The summed E-state index contributed by atoms with van der Waals surface area (Å²) in [6.45, 7) is 2.41. The smallest absolute Gasteiger partial charge is 0.369 e. The molecule has 0 saturated carbocycles. The Bertz CT molecular complexity index is 982. The molecule has 2 aromatic rings. The first kappa shape index (κ1) is 21.9. The van der Waals surface area contributed by atoms with Crippen LogP contribution >= 0.6 is 33.0 Å². The van der Waals surface area contributed by atoms with Crippen molar-refractivity contribution in [3.8, 4) is 0 Å². The highest BCUT2D eigenvalue weighted by atomic mass is 31.2. The highest BCUT2D eigenvalue weighted by Crippen LogP contribution is 2.56. The van der Waals surface area contributed by atoms with Crippen molar-refractivity contribution in [2.75, 3.05) is 25.7 Å². The number of nitrogens with two attached hydrogens (primary N) is 1. The summed E-state index contributed by atoms with van der Waals surface area (Å²) in [7, 11) is -8.93. The van der Waals surface area contributed by atoms with E-state index in [0.717, 1.165) is 6.66 Å². The standard InChI is InChI=1S/C10H17N5O9P4/c1-26-10(15-4-12-6-7(15)13-9(11)14-8(6)16)21-5(22-25-23-26)3-20-28(18,19)24-27(2)17/h4-5,10,25,27H,3H2,1-2H3,(H,18,19)(H3,11,13,14,16)/t5-,10+,26?/m0/s1. The second-order valence-electron chi connectivity index (χ2n) is 5.35. The molecule has 3 heterocycles. The highest BCUT2D eigenvalue weighted by molar-refractivity contribution is 7.58. The van der Waals surface area contributed by atoms with Crippen LogP contribution in [0.5, 0.6) is 0 Å². The molecule has 14 nitrogen and oxygen atoms in total. The number of nitrogens with zero attached hydrogens (tertiary/aromatic N) is 3. The van der Waals surface area contributed by atoms with E-state index in [1.54, 1.807) is 6.66 Å². The van der Waals surface area contributed by atoms with Gasteiger partial charge in [0.05, 0.1) is 14.5 Å². The lowest BCUT2D eigenvalue weighted by molar-refractivity contribution is -0.125. The highest BCUT2D eigenvalue weighted by Gasteiger charge is 2.33. The number of anilines is 1. The summed E-state index contributed by atoms with van der Waals surface area (Å²) in [4.78, 5) is 31.9. The topological polar surface area (TPSA) is 190 Å². The van der Waals surface area contributed by atoms with Crippen molar-refractivity contribution >= 4 is 50.1 Å². The first-order valence-corrected chi connectivity index (χ1v) is 13.4. The molecule has 0 aromatic carbocycles. The average molecular weight is 475 g/mol. The number of H-pyrrole nitrogens is 1. The van der Waals surface area contributed by atoms with Gasteiger partial charge in [-0.05, 0) is 6.66 Å². The van der Waals surface area contributed by atoms with Crippen LogP contribution in [-0.4, -0.2) is 50.6 Å². The lowest BCUT2D eigenvalue weighted by Gasteiger charge is -2.24. The maximum Gasteiger partial charge on any atom is 0.477 e. The van der Waals surface area contributed by atoms with E-state index < -0.39 is 57.5 Å². The minimum absolute atomic E-state index is 0.0583. The fourth-order valence-corrected chi connectivity index (χ4v) is 6.07. The van der Waals surface area contributed by atoms with E-state index in [9.17, 15) is 18.8 Å². The Hall–Kier alpha value is -0.770. The molecule has 0 spiro atoms. The molecule has 1 aliphatic rings. The van der Waals surface area contributed by atoms with E-state index in [4.69, 9.17) is 23.8 Å². The maximum absolute atomic E-state index is 12.0. The summed E-state index contributed by atoms with van der Waals surface area (Å²) in [6.07, 6.45) is 0.227. The largest absolute Gasteiger partial charge is 0.477 e. The Morgan fingerprint density at radius 3 is 3.07 bits per heavy atom. The third-order valence-electron chi connectivity index (χ3n) is 3.25. The number of rotatable bonds is 6. The average Bonchev–Trinajstić information content (AvgIpc) is 2.90. The van der Waals surface area contributed by atoms with Crippen LogP contribution in [-0.2, 0) is 31.5 Å². The Kier molecular flexibility index (Phi) is 7.00. The predicted octanol–water partition coefficient (Wildman–Crippen LogP) is 1.32. The van der Waals surface area contributed by atoms with Crippen molar-refractivity contribution in [1.29, 1.82) is 0 Å². The van der Waals surface area contributed by atoms with Gasteiger partial charge in [-0.3, -0.25) is 23.4 Å². The Labute approximate surface area is 161 Å². The number of fused-ring (bicyclic) bond motifs is 1. The van der Waals surface area contributed by atoms with Crippen LogP contribution < -0.4 is 11.3 Å². The number of aromatic amines is 1. The van der Waals surface area contributed by atoms with Crippen LogP contribution in [0.2, 0.25) is 0 Å². The summed E-state index contributed by atoms with van der Waals surface area (Å²) >= 11 is 0. The van der Waals surface area contributed by atoms with Gasteiger partial charge in [-0.2, -0.15) is 4.98 Å². The molecule has 3 rings (SSSR count). The van der Waals surface area contributed by atoms with Crippen LogP contribution in [0.15, 0.2) is 11.1 Å². The summed E-state index contributed by atoms with van der Waals surface area (Å²) in [5, 5.41) is 0. The van der Waals surface area contributed by atoms with Crippen LogP contribution in [0.1, 0.15) is 5.97 Å².